The lowest BCUT2D eigenvalue weighted by atomic mass is 10.1. The van der Waals surface area contributed by atoms with E-state index in [9.17, 15) is 38.9 Å². The fourth-order valence-corrected chi connectivity index (χ4v) is 5.52. The van der Waals surface area contributed by atoms with Crippen molar-refractivity contribution < 1.29 is 38.9 Å². The molecular weight excluding hydrogens is 528 g/mol. The van der Waals surface area contributed by atoms with E-state index in [0.717, 1.165) is 23.4 Å². The van der Waals surface area contributed by atoms with E-state index < -0.39 is 55.8 Å². The van der Waals surface area contributed by atoms with Crippen molar-refractivity contribution in [2.45, 2.75) is 33.5 Å². The highest BCUT2D eigenvalue weighted by Gasteiger charge is 2.26. The highest BCUT2D eigenvalue weighted by molar-refractivity contribution is 7.87. The van der Waals surface area contributed by atoms with Crippen LogP contribution in [-0.2, 0) is 36.9 Å². The van der Waals surface area contributed by atoms with Crippen molar-refractivity contribution in [3.63, 3.8) is 0 Å². The molecule has 0 fully saturated rings. The van der Waals surface area contributed by atoms with Crippen LogP contribution in [-0.4, -0.2) is 44.3 Å². The number of hydrogen-bond acceptors (Lipinski definition) is 9. The van der Waals surface area contributed by atoms with Crippen LogP contribution in [0.4, 0.5) is 11.4 Å². The zero-order chi connectivity index (χ0) is 25.5. The molecule has 0 aliphatic carbocycles. The SMILES string of the molecule is CC(S)Nc1cccc(CNc2ccc(S(=O)(=O)O)c3cc(S(=O)(=O)O)cc(S(=O)(=O)O)c23)c1. The summed E-state index contributed by atoms with van der Waals surface area (Å²) in [5.74, 6) is 0. The normalized spacial score (nSPS) is 13.6. The van der Waals surface area contributed by atoms with Crippen LogP contribution in [0.15, 0.2) is 63.2 Å². The van der Waals surface area contributed by atoms with Gasteiger partial charge in [-0.3, -0.25) is 13.7 Å². The van der Waals surface area contributed by atoms with Crippen LogP contribution in [0.1, 0.15) is 12.5 Å². The first kappa shape index (κ1) is 26.2. The first-order valence-electron chi connectivity index (χ1n) is 9.38. The summed E-state index contributed by atoms with van der Waals surface area (Å²) in [4.78, 5) is -2.79. The summed E-state index contributed by atoms with van der Waals surface area (Å²) in [5, 5.41) is 4.94. The molecule has 11 nitrogen and oxygen atoms in total. The average molecular weight is 549 g/mol. The van der Waals surface area contributed by atoms with Gasteiger partial charge in [-0.05, 0) is 48.9 Å². The van der Waals surface area contributed by atoms with Crippen LogP contribution >= 0.6 is 12.6 Å². The van der Waals surface area contributed by atoms with Crippen molar-refractivity contribution in [2.75, 3.05) is 10.6 Å². The maximum absolute atomic E-state index is 12.1. The highest BCUT2D eigenvalue weighted by Crippen LogP contribution is 2.37. The lowest BCUT2D eigenvalue weighted by Crippen LogP contribution is -2.10. The maximum atomic E-state index is 12.1. The topological polar surface area (TPSA) is 187 Å². The maximum Gasteiger partial charge on any atom is 0.295 e. The Balaban J connectivity index is 2.24. The highest BCUT2D eigenvalue weighted by atomic mass is 32.2. The monoisotopic (exact) mass is 548 g/mol. The minimum Gasteiger partial charge on any atom is -0.380 e. The Hall–Kier alpha value is -2.40. The minimum absolute atomic E-state index is 0.0119. The molecule has 0 aliphatic heterocycles. The second kappa shape index (κ2) is 9.33. The summed E-state index contributed by atoms with van der Waals surface area (Å²) >= 11 is 4.26. The molecule has 3 aromatic carbocycles. The van der Waals surface area contributed by atoms with Crippen molar-refractivity contribution in [1.29, 1.82) is 0 Å². The van der Waals surface area contributed by atoms with Crippen LogP contribution in [0, 0.1) is 0 Å². The summed E-state index contributed by atoms with van der Waals surface area (Å²) in [6.07, 6.45) is 0. The third kappa shape index (κ3) is 5.99. The molecule has 0 saturated carbocycles. The molecule has 184 valence electrons. The fourth-order valence-electron chi connectivity index (χ4n) is 3.33. The number of benzene rings is 3. The predicted molar refractivity (Wildman–Crippen MR) is 129 cm³/mol. The Morgan fingerprint density at radius 1 is 0.853 bits per heavy atom. The Morgan fingerprint density at radius 2 is 1.50 bits per heavy atom. The number of hydrogen-bond donors (Lipinski definition) is 6. The molecule has 1 atom stereocenters. The number of fused-ring (bicyclic) bond motifs is 1. The summed E-state index contributed by atoms with van der Waals surface area (Å²) in [5.41, 5.74) is 1.50. The molecular formula is C19H20N2O9S4. The van der Waals surface area contributed by atoms with Gasteiger partial charge in [-0.15, -0.1) is 0 Å². The molecule has 0 heterocycles. The van der Waals surface area contributed by atoms with E-state index in [1.54, 1.807) is 24.3 Å². The molecule has 0 aromatic heterocycles. The summed E-state index contributed by atoms with van der Waals surface area (Å²) in [6, 6.07) is 10.4. The zero-order valence-corrected chi connectivity index (χ0v) is 20.7. The molecule has 0 spiro atoms. The van der Waals surface area contributed by atoms with Gasteiger partial charge >= 0.3 is 0 Å². The number of rotatable bonds is 8. The molecule has 0 radical (unpaired) electrons. The molecule has 5 N–H and O–H groups in total. The standard InChI is InChI=1S/C19H20N2O9S4/c1-11(31)21-13-4-2-3-12(7-13)10-20-16-5-6-17(33(25,26)27)15-8-14(32(22,23)24)9-18(19(15)16)34(28,29)30/h2-9,11,20-21,31H,10H2,1H3,(H,22,23,24)(H,25,26,27)(H,28,29,30). The van der Waals surface area contributed by atoms with E-state index in [4.69, 9.17) is 0 Å². The molecule has 15 heteroatoms. The van der Waals surface area contributed by atoms with Gasteiger partial charge in [0, 0.05) is 28.7 Å². The second-order valence-electron chi connectivity index (χ2n) is 7.25. The number of nitrogens with one attached hydrogen (secondary N) is 2. The van der Waals surface area contributed by atoms with E-state index >= 15 is 0 Å². The minimum atomic E-state index is -5.11. The van der Waals surface area contributed by atoms with Gasteiger partial charge in [-0.25, -0.2) is 0 Å². The van der Waals surface area contributed by atoms with Crippen molar-refractivity contribution in [3.05, 3.63) is 54.1 Å². The smallest absolute Gasteiger partial charge is 0.295 e. The molecule has 0 bridgehead atoms. The Morgan fingerprint density at radius 3 is 2.06 bits per heavy atom. The van der Waals surface area contributed by atoms with Gasteiger partial charge in [0.1, 0.15) is 9.79 Å². The third-order valence-electron chi connectivity index (χ3n) is 4.65. The third-order valence-corrected chi connectivity index (χ3v) is 7.40. The van der Waals surface area contributed by atoms with Crippen molar-refractivity contribution in [1.82, 2.24) is 0 Å². The van der Waals surface area contributed by atoms with E-state index in [1.807, 2.05) is 6.92 Å². The average Bonchev–Trinajstić information content (AvgIpc) is 2.68. The number of anilines is 2. The first-order valence-corrected chi connectivity index (χ1v) is 14.2. The Kier molecular flexibility index (Phi) is 7.19. The van der Waals surface area contributed by atoms with Crippen LogP contribution in [0.3, 0.4) is 0 Å². The van der Waals surface area contributed by atoms with Crippen molar-refractivity contribution in [3.8, 4) is 0 Å². The van der Waals surface area contributed by atoms with Crippen LogP contribution in [0.25, 0.3) is 10.8 Å². The molecule has 0 saturated heterocycles. The molecule has 1 unspecified atom stereocenters. The van der Waals surface area contributed by atoms with Crippen molar-refractivity contribution in [2.24, 2.45) is 0 Å². The summed E-state index contributed by atoms with van der Waals surface area (Å²) in [7, 11) is -15.1. The van der Waals surface area contributed by atoms with Gasteiger partial charge in [0.2, 0.25) is 0 Å². The van der Waals surface area contributed by atoms with Gasteiger partial charge < -0.3 is 10.6 Å². The van der Waals surface area contributed by atoms with Crippen LogP contribution < -0.4 is 10.6 Å². The van der Waals surface area contributed by atoms with Crippen molar-refractivity contribution >= 4 is 65.1 Å². The van der Waals surface area contributed by atoms with Gasteiger partial charge in [0.15, 0.2) is 0 Å². The van der Waals surface area contributed by atoms with Gasteiger partial charge in [-0.1, -0.05) is 12.1 Å². The van der Waals surface area contributed by atoms with Gasteiger partial charge in [0.25, 0.3) is 30.4 Å². The Bertz CT molecular complexity index is 1580. The molecule has 34 heavy (non-hydrogen) atoms. The quantitative estimate of drug-likeness (QED) is 0.138. The summed E-state index contributed by atoms with van der Waals surface area (Å²) in [6.45, 7) is 1.94. The van der Waals surface area contributed by atoms with E-state index in [2.05, 4.69) is 23.3 Å². The first-order chi connectivity index (χ1) is 15.6. The molecule has 3 rings (SSSR count). The van der Waals surface area contributed by atoms with Crippen LogP contribution in [0.2, 0.25) is 0 Å². The zero-order valence-electron chi connectivity index (χ0n) is 17.4. The van der Waals surface area contributed by atoms with Crippen LogP contribution in [0.5, 0.6) is 0 Å². The van der Waals surface area contributed by atoms with E-state index in [-0.39, 0.29) is 17.6 Å². The molecule has 3 aromatic rings. The van der Waals surface area contributed by atoms with Gasteiger partial charge in [-0.2, -0.15) is 37.9 Å². The molecule has 0 amide bonds. The van der Waals surface area contributed by atoms with E-state index in [1.165, 1.54) is 0 Å². The second-order valence-corrected chi connectivity index (χ2v) is 12.2. The summed E-state index contributed by atoms with van der Waals surface area (Å²) < 4.78 is 100.0. The Labute approximate surface area is 201 Å². The largest absolute Gasteiger partial charge is 0.380 e. The lowest BCUT2D eigenvalue weighted by Gasteiger charge is -2.16. The molecule has 0 aliphatic rings. The van der Waals surface area contributed by atoms with Gasteiger partial charge in [0.05, 0.1) is 10.3 Å². The lowest BCUT2D eigenvalue weighted by molar-refractivity contribution is 0.478. The predicted octanol–water partition coefficient (Wildman–Crippen LogP) is 2.88. The van der Waals surface area contributed by atoms with E-state index in [0.29, 0.717) is 12.1 Å². The fraction of sp³-hybridized carbons (Fsp3) is 0.158. The number of thiol groups is 1.